The van der Waals surface area contributed by atoms with Crippen LogP contribution in [-0.4, -0.2) is 39.7 Å². The van der Waals surface area contributed by atoms with E-state index in [1.165, 1.54) is 0 Å². The number of amides is 1. The van der Waals surface area contributed by atoms with Crippen LogP contribution in [0.15, 0.2) is 54.7 Å². The topological polar surface area (TPSA) is 50.2 Å². The molecule has 7 heteroatoms. The van der Waals surface area contributed by atoms with Crippen LogP contribution in [0, 0.1) is 6.92 Å². The van der Waals surface area contributed by atoms with Crippen LogP contribution in [0.1, 0.15) is 29.7 Å². The Labute approximate surface area is 193 Å². The Balaban J connectivity index is 1.27. The third kappa shape index (κ3) is 5.48. The van der Waals surface area contributed by atoms with Crippen molar-refractivity contribution in [3.05, 3.63) is 81.6 Å². The highest BCUT2D eigenvalue weighted by molar-refractivity contribution is 6.42. The minimum Gasteiger partial charge on any atom is -0.353 e. The van der Waals surface area contributed by atoms with Gasteiger partial charge in [0.05, 0.1) is 28.4 Å². The van der Waals surface area contributed by atoms with Crippen molar-refractivity contribution in [2.45, 2.75) is 38.8 Å². The molecule has 1 fully saturated rings. The number of carbonyl (C=O) groups excluding carboxylic acids is 1. The zero-order valence-electron chi connectivity index (χ0n) is 17.5. The van der Waals surface area contributed by atoms with E-state index in [0.717, 1.165) is 55.0 Å². The summed E-state index contributed by atoms with van der Waals surface area (Å²) < 4.78 is 1.88. The second-order valence-corrected chi connectivity index (χ2v) is 8.86. The Kier molecular flexibility index (Phi) is 6.96. The first kappa shape index (κ1) is 21.9. The number of nitrogens with one attached hydrogen (secondary N) is 1. The summed E-state index contributed by atoms with van der Waals surface area (Å²) in [5.41, 5.74) is 4.11. The number of halogens is 2. The highest BCUT2D eigenvalue weighted by Crippen LogP contribution is 2.24. The first-order chi connectivity index (χ1) is 15.0. The van der Waals surface area contributed by atoms with E-state index in [-0.39, 0.29) is 11.9 Å². The van der Waals surface area contributed by atoms with Gasteiger partial charge in [-0.2, -0.15) is 5.10 Å². The van der Waals surface area contributed by atoms with Crippen molar-refractivity contribution in [1.29, 1.82) is 0 Å². The predicted octanol–water partition coefficient (Wildman–Crippen LogP) is 4.81. The van der Waals surface area contributed by atoms with Gasteiger partial charge in [0, 0.05) is 36.9 Å². The molecule has 5 nitrogen and oxygen atoms in total. The summed E-state index contributed by atoms with van der Waals surface area (Å²) in [5.74, 6) is 0.0543. The first-order valence-corrected chi connectivity index (χ1v) is 11.3. The lowest BCUT2D eigenvalue weighted by atomic mass is 10.0. The second-order valence-electron chi connectivity index (χ2n) is 8.05. The number of likely N-dealkylation sites (tertiary alicyclic amines) is 1. The Hall–Kier alpha value is -2.34. The van der Waals surface area contributed by atoms with Crippen LogP contribution in [0.5, 0.6) is 0 Å². The van der Waals surface area contributed by atoms with E-state index in [1.54, 1.807) is 6.20 Å². The number of piperidine rings is 1. The van der Waals surface area contributed by atoms with Crippen LogP contribution >= 0.6 is 23.2 Å². The number of hydrogen-bond donors (Lipinski definition) is 1. The Bertz CT molecular complexity index is 1040. The number of hydrogen-bond acceptors (Lipinski definition) is 3. The molecule has 0 bridgehead atoms. The zero-order valence-corrected chi connectivity index (χ0v) is 19.0. The normalized spacial score (nSPS) is 15.2. The minimum atomic E-state index is 0.0543. The summed E-state index contributed by atoms with van der Waals surface area (Å²) in [6.07, 6.45) is 4.02. The van der Waals surface area contributed by atoms with Crippen LogP contribution in [-0.2, 0) is 17.8 Å². The van der Waals surface area contributed by atoms with Crippen LogP contribution in [0.3, 0.4) is 0 Å². The van der Waals surface area contributed by atoms with Gasteiger partial charge in [0.1, 0.15) is 0 Å². The van der Waals surface area contributed by atoms with E-state index in [4.69, 9.17) is 23.2 Å². The molecule has 1 aromatic heterocycles. The van der Waals surface area contributed by atoms with Gasteiger partial charge in [0.2, 0.25) is 5.91 Å². The van der Waals surface area contributed by atoms with Gasteiger partial charge < -0.3 is 5.32 Å². The van der Waals surface area contributed by atoms with E-state index < -0.39 is 0 Å². The highest BCUT2D eigenvalue weighted by Gasteiger charge is 2.21. The van der Waals surface area contributed by atoms with Gasteiger partial charge >= 0.3 is 0 Å². The monoisotopic (exact) mass is 456 g/mol. The summed E-state index contributed by atoms with van der Waals surface area (Å²) >= 11 is 12.1. The van der Waals surface area contributed by atoms with Crippen LogP contribution in [0.4, 0.5) is 0 Å². The molecule has 1 amide bonds. The molecule has 0 radical (unpaired) electrons. The molecule has 1 aliphatic heterocycles. The molecule has 1 N–H and O–H groups in total. The molecule has 1 aliphatic rings. The maximum atomic E-state index is 12.6. The molecule has 0 unspecified atom stereocenters. The zero-order chi connectivity index (χ0) is 21.8. The van der Waals surface area contributed by atoms with Crippen molar-refractivity contribution in [2.75, 3.05) is 13.1 Å². The number of rotatable bonds is 6. The van der Waals surface area contributed by atoms with E-state index >= 15 is 0 Å². The Morgan fingerprint density at radius 2 is 1.84 bits per heavy atom. The third-order valence-corrected chi connectivity index (χ3v) is 6.55. The molecule has 0 spiro atoms. The van der Waals surface area contributed by atoms with Gasteiger partial charge in [0.15, 0.2) is 0 Å². The molecule has 2 aromatic carbocycles. The lowest BCUT2D eigenvalue weighted by Crippen LogP contribution is -2.44. The molecule has 1 saturated heterocycles. The van der Waals surface area contributed by atoms with Gasteiger partial charge in [-0.05, 0) is 49.6 Å². The van der Waals surface area contributed by atoms with Gasteiger partial charge in [-0.3, -0.25) is 9.69 Å². The minimum absolute atomic E-state index is 0.0543. The van der Waals surface area contributed by atoms with E-state index in [0.29, 0.717) is 16.5 Å². The SMILES string of the molecule is Cc1c(CC(=O)NC2CCN(Cc3ccc(Cl)c(Cl)c3)CC2)cnn1-c1ccccc1. The molecule has 4 rings (SSSR count). The lowest BCUT2D eigenvalue weighted by molar-refractivity contribution is -0.121. The standard InChI is InChI=1S/C24H26Cl2N4O/c1-17-19(15-27-30(17)21-5-3-2-4-6-21)14-24(31)28-20-9-11-29(12-10-20)16-18-7-8-22(25)23(26)13-18/h2-8,13,15,20H,9-12,14,16H2,1H3,(H,28,31). The number of para-hydroxylation sites is 1. The molecular weight excluding hydrogens is 431 g/mol. The smallest absolute Gasteiger partial charge is 0.224 e. The fraction of sp³-hybridized carbons (Fsp3) is 0.333. The third-order valence-electron chi connectivity index (χ3n) is 5.81. The van der Waals surface area contributed by atoms with Gasteiger partial charge in [0.25, 0.3) is 0 Å². The van der Waals surface area contributed by atoms with Crippen LogP contribution in [0.2, 0.25) is 10.0 Å². The molecular formula is C24H26Cl2N4O. The van der Waals surface area contributed by atoms with Gasteiger partial charge in [-0.1, -0.05) is 47.5 Å². The van der Waals surface area contributed by atoms with Crippen LogP contribution < -0.4 is 5.32 Å². The maximum absolute atomic E-state index is 12.6. The van der Waals surface area contributed by atoms with E-state index in [2.05, 4.69) is 15.3 Å². The lowest BCUT2D eigenvalue weighted by Gasteiger charge is -2.32. The molecule has 0 aliphatic carbocycles. The second kappa shape index (κ2) is 9.86. The van der Waals surface area contributed by atoms with Crippen molar-refractivity contribution >= 4 is 29.1 Å². The molecule has 162 valence electrons. The molecule has 0 atom stereocenters. The predicted molar refractivity (Wildman–Crippen MR) is 125 cm³/mol. The fourth-order valence-corrected chi connectivity index (χ4v) is 4.35. The summed E-state index contributed by atoms with van der Waals surface area (Å²) in [6, 6.07) is 16.0. The summed E-state index contributed by atoms with van der Waals surface area (Å²) in [4.78, 5) is 15.0. The highest BCUT2D eigenvalue weighted by atomic mass is 35.5. The Morgan fingerprint density at radius 3 is 2.55 bits per heavy atom. The van der Waals surface area contributed by atoms with E-state index in [9.17, 15) is 4.79 Å². The number of carbonyl (C=O) groups is 1. The average Bonchev–Trinajstić information content (AvgIpc) is 3.13. The van der Waals surface area contributed by atoms with E-state index in [1.807, 2.05) is 60.1 Å². The molecule has 0 saturated carbocycles. The maximum Gasteiger partial charge on any atom is 0.224 e. The Morgan fingerprint density at radius 1 is 1.10 bits per heavy atom. The van der Waals surface area contributed by atoms with Crippen molar-refractivity contribution in [3.63, 3.8) is 0 Å². The summed E-state index contributed by atoms with van der Waals surface area (Å²) in [6.45, 7) is 4.73. The number of aromatic nitrogens is 2. The van der Waals surface area contributed by atoms with Crippen molar-refractivity contribution in [3.8, 4) is 5.69 Å². The van der Waals surface area contributed by atoms with Crippen LogP contribution in [0.25, 0.3) is 5.69 Å². The average molecular weight is 457 g/mol. The van der Waals surface area contributed by atoms with Gasteiger partial charge in [-0.15, -0.1) is 0 Å². The van der Waals surface area contributed by atoms with Crippen molar-refractivity contribution in [1.82, 2.24) is 20.0 Å². The first-order valence-electron chi connectivity index (χ1n) is 10.5. The van der Waals surface area contributed by atoms with Crippen molar-refractivity contribution in [2.24, 2.45) is 0 Å². The summed E-state index contributed by atoms with van der Waals surface area (Å²) in [5, 5.41) is 8.83. The molecule has 31 heavy (non-hydrogen) atoms. The molecule has 3 aromatic rings. The van der Waals surface area contributed by atoms with Crippen molar-refractivity contribution < 1.29 is 4.79 Å². The fourth-order valence-electron chi connectivity index (χ4n) is 4.03. The van der Waals surface area contributed by atoms with Gasteiger partial charge in [-0.25, -0.2) is 4.68 Å². The number of benzene rings is 2. The quantitative estimate of drug-likeness (QED) is 0.578. The number of nitrogens with zero attached hydrogens (tertiary/aromatic N) is 3. The largest absolute Gasteiger partial charge is 0.353 e. The molecule has 2 heterocycles. The summed E-state index contributed by atoms with van der Waals surface area (Å²) in [7, 11) is 0.